The van der Waals surface area contributed by atoms with E-state index >= 15 is 0 Å². The lowest BCUT2D eigenvalue weighted by Crippen LogP contribution is -2.30. The number of carbonyl (C=O) groups is 3. The first-order valence-corrected chi connectivity index (χ1v) is 18.4. The number of hydrogen-bond acceptors (Lipinski definition) is 5. The van der Waals surface area contributed by atoms with Gasteiger partial charge in [0.15, 0.2) is 0 Å². The van der Waals surface area contributed by atoms with Crippen LogP contribution in [0.2, 0.25) is 0 Å². The molecule has 0 saturated heterocycles. The Labute approximate surface area is 318 Å². The van der Waals surface area contributed by atoms with Crippen molar-refractivity contribution in [1.29, 1.82) is 0 Å². The predicted octanol–water partition coefficient (Wildman–Crippen LogP) is 8.49. The molecule has 0 saturated carbocycles. The molecule has 5 aromatic carbocycles. The largest absolute Gasteiger partial charge is 0.321 e. The van der Waals surface area contributed by atoms with Crippen LogP contribution in [0.5, 0.6) is 0 Å². The van der Waals surface area contributed by atoms with Crippen molar-refractivity contribution in [1.82, 2.24) is 14.7 Å². The van der Waals surface area contributed by atoms with Gasteiger partial charge in [-0.2, -0.15) is 0 Å². The van der Waals surface area contributed by atoms with Crippen LogP contribution >= 0.6 is 11.8 Å². The average Bonchev–Trinajstić information content (AvgIpc) is 3.40. The van der Waals surface area contributed by atoms with Gasteiger partial charge in [0.25, 0.3) is 17.4 Å². The van der Waals surface area contributed by atoms with E-state index in [4.69, 9.17) is 0 Å². The highest BCUT2D eigenvalue weighted by Crippen LogP contribution is 2.37. The number of amides is 3. The van der Waals surface area contributed by atoms with Gasteiger partial charge in [-0.25, -0.2) is 4.68 Å². The van der Waals surface area contributed by atoms with Gasteiger partial charge in [0.2, 0.25) is 5.91 Å². The molecular formula is C44H41N5O4S. The Kier molecular flexibility index (Phi) is 11.7. The van der Waals surface area contributed by atoms with E-state index in [1.165, 1.54) is 16.4 Å². The van der Waals surface area contributed by atoms with E-state index in [9.17, 15) is 19.2 Å². The highest BCUT2D eigenvalue weighted by Gasteiger charge is 2.26. The summed E-state index contributed by atoms with van der Waals surface area (Å²) in [6.07, 6.45) is 1.64. The number of para-hydroxylation sites is 1. The third kappa shape index (κ3) is 8.79. The second kappa shape index (κ2) is 17.0. The lowest BCUT2D eigenvalue weighted by molar-refractivity contribution is -0.116. The molecule has 9 nitrogen and oxygen atoms in total. The molecule has 0 aliphatic heterocycles. The number of carbonyl (C=O) groups excluding carboxylic acids is 3. The van der Waals surface area contributed by atoms with Crippen molar-refractivity contribution in [2.45, 2.75) is 36.8 Å². The minimum absolute atomic E-state index is 0.0696. The Hall–Kier alpha value is -6.39. The van der Waals surface area contributed by atoms with Crippen molar-refractivity contribution in [3.8, 4) is 5.69 Å². The van der Waals surface area contributed by atoms with E-state index in [-0.39, 0.29) is 22.9 Å². The van der Waals surface area contributed by atoms with E-state index < -0.39 is 17.1 Å². The summed E-state index contributed by atoms with van der Waals surface area (Å²) < 4.78 is 3.24. The molecule has 10 heteroatoms. The van der Waals surface area contributed by atoms with Gasteiger partial charge in [0, 0.05) is 23.2 Å². The highest BCUT2D eigenvalue weighted by atomic mass is 32.2. The number of rotatable bonds is 12. The molecule has 6 aromatic rings. The molecule has 0 bridgehead atoms. The molecule has 0 aliphatic carbocycles. The lowest BCUT2D eigenvalue weighted by Gasteiger charge is -2.17. The van der Waals surface area contributed by atoms with Crippen LogP contribution < -0.4 is 21.5 Å². The molecule has 272 valence electrons. The Morgan fingerprint density at radius 1 is 0.722 bits per heavy atom. The Bertz CT molecular complexity index is 2350. The minimum Gasteiger partial charge on any atom is -0.321 e. The van der Waals surface area contributed by atoms with Crippen LogP contribution in [0, 0.1) is 6.92 Å². The smallest absolute Gasteiger partial charge is 0.295 e. The molecular weight excluding hydrogens is 695 g/mol. The number of nitrogens with one attached hydrogen (secondary N) is 3. The van der Waals surface area contributed by atoms with Crippen molar-refractivity contribution in [3.63, 3.8) is 0 Å². The van der Waals surface area contributed by atoms with Gasteiger partial charge < -0.3 is 16.0 Å². The normalized spacial score (nSPS) is 11.9. The molecule has 6 rings (SSSR count). The van der Waals surface area contributed by atoms with Gasteiger partial charge >= 0.3 is 0 Å². The van der Waals surface area contributed by atoms with Crippen LogP contribution in [0.4, 0.5) is 11.4 Å². The summed E-state index contributed by atoms with van der Waals surface area (Å²) in [5, 5.41) is 7.90. The molecule has 54 heavy (non-hydrogen) atoms. The molecule has 0 fully saturated rings. The van der Waals surface area contributed by atoms with Crippen molar-refractivity contribution >= 4 is 46.9 Å². The molecule has 1 atom stereocenters. The van der Waals surface area contributed by atoms with E-state index in [0.717, 1.165) is 16.7 Å². The van der Waals surface area contributed by atoms with Crippen LogP contribution in [0.1, 0.15) is 57.8 Å². The molecule has 0 aliphatic rings. The molecule has 1 aromatic heterocycles. The van der Waals surface area contributed by atoms with Gasteiger partial charge in [-0.3, -0.25) is 23.9 Å². The third-order valence-corrected chi connectivity index (χ3v) is 10.2. The topological polar surface area (TPSA) is 114 Å². The fourth-order valence-electron chi connectivity index (χ4n) is 5.87. The average molecular weight is 736 g/mol. The van der Waals surface area contributed by atoms with Gasteiger partial charge in [-0.05, 0) is 78.1 Å². The zero-order valence-corrected chi connectivity index (χ0v) is 31.3. The zero-order valence-electron chi connectivity index (χ0n) is 30.4. The van der Waals surface area contributed by atoms with Crippen LogP contribution in [-0.4, -0.2) is 27.1 Å². The maximum Gasteiger partial charge on any atom is 0.295 e. The quantitative estimate of drug-likeness (QED) is 0.0862. The molecule has 3 N–H and O–H groups in total. The second-order valence-electron chi connectivity index (χ2n) is 13.0. The van der Waals surface area contributed by atoms with Crippen LogP contribution in [0.15, 0.2) is 155 Å². The van der Waals surface area contributed by atoms with Gasteiger partial charge in [-0.1, -0.05) is 111 Å². The number of anilines is 2. The molecule has 3 amide bonds. The summed E-state index contributed by atoms with van der Waals surface area (Å²) in [5.41, 5.74) is 4.76. The number of aromatic nitrogens is 2. The molecule has 1 unspecified atom stereocenters. The van der Waals surface area contributed by atoms with E-state index in [2.05, 4.69) is 29.8 Å². The highest BCUT2D eigenvalue weighted by molar-refractivity contribution is 8.00. The summed E-state index contributed by atoms with van der Waals surface area (Å²) in [4.78, 5) is 55.4. The minimum atomic E-state index is -0.740. The van der Waals surface area contributed by atoms with Crippen molar-refractivity contribution in [2.75, 3.05) is 10.6 Å². The summed E-state index contributed by atoms with van der Waals surface area (Å²) >= 11 is 1.29. The first-order valence-electron chi connectivity index (χ1n) is 17.5. The molecule has 0 radical (unpaired) electrons. The number of thioether (sulfide) groups is 1. The summed E-state index contributed by atoms with van der Waals surface area (Å²) in [6.45, 7) is 6.01. The monoisotopic (exact) mass is 735 g/mol. The SMILES string of the molecule is Cc1c(NC(=O)C(Sc2cccc(NC(=O)/C(=C\c3ccc(C(C)C)cc3)NC(=O)c3ccccc3)c2)c2ccccc2)c(=O)n(-c2ccccc2)n1C. The maximum atomic E-state index is 14.1. The van der Waals surface area contributed by atoms with E-state index in [1.54, 1.807) is 67.2 Å². The fourth-order valence-corrected chi connectivity index (χ4v) is 6.95. The summed E-state index contributed by atoms with van der Waals surface area (Å²) in [6, 6.07) is 42.3. The second-order valence-corrected chi connectivity index (χ2v) is 14.2. The van der Waals surface area contributed by atoms with Crippen molar-refractivity contribution in [3.05, 3.63) is 184 Å². The maximum absolute atomic E-state index is 14.1. The van der Waals surface area contributed by atoms with Crippen LogP contribution in [-0.2, 0) is 16.6 Å². The number of benzene rings is 5. The predicted molar refractivity (Wildman–Crippen MR) is 217 cm³/mol. The van der Waals surface area contributed by atoms with Crippen molar-refractivity contribution < 1.29 is 14.4 Å². The lowest BCUT2D eigenvalue weighted by atomic mass is 10.0. The van der Waals surface area contributed by atoms with E-state index in [0.29, 0.717) is 33.4 Å². The first-order chi connectivity index (χ1) is 26.1. The Morgan fingerprint density at radius 3 is 2.00 bits per heavy atom. The van der Waals surface area contributed by atoms with Gasteiger partial charge in [0.1, 0.15) is 16.6 Å². The van der Waals surface area contributed by atoms with Crippen LogP contribution in [0.25, 0.3) is 11.8 Å². The van der Waals surface area contributed by atoms with Crippen LogP contribution in [0.3, 0.4) is 0 Å². The Morgan fingerprint density at radius 2 is 1.35 bits per heavy atom. The summed E-state index contributed by atoms with van der Waals surface area (Å²) in [7, 11) is 1.78. The molecule has 0 spiro atoms. The first kappa shape index (κ1) is 37.4. The van der Waals surface area contributed by atoms with Gasteiger partial charge in [0.05, 0.1) is 11.4 Å². The summed E-state index contributed by atoms with van der Waals surface area (Å²) in [5.74, 6) is -0.953. The molecule has 1 heterocycles. The van der Waals surface area contributed by atoms with Gasteiger partial charge in [-0.15, -0.1) is 11.8 Å². The Balaban J connectivity index is 1.25. The fraction of sp³-hybridized carbons (Fsp3) is 0.136. The van der Waals surface area contributed by atoms with E-state index in [1.807, 2.05) is 97.1 Å². The number of nitrogens with zero attached hydrogens (tertiary/aromatic N) is 2. The number of hydrogen-bond donors (Lipinski definition) is 3. The standard InChI is InChI=1S/C44H41N5O4S/c1-29(2)32-25-23-31(24-26-32)27-38(46-41(50)34-17-10-6-11-18-34)42(51)45-35-19-14-22-37(28-35)54-40(33-15-8-5-9-16-33)43(52)47-39-30(3)48(4)49(44(39)53)36-20-12-7-13-21-36/h5-29,40H,1-4H3,(H,45,51)(H,46,50)(H,47,52)/b38-27+. The zero-order chi connectivity index (χ0) is 38.2. The van der Waals surface area contributed by atoms with Crippen molar-refractivity contribution in [2.24, 2.45) is 7.05 Å². The third-order valence-electron chi connectivity index (χ3n) is 8.93.